The predicted molar refractivity (Wildman–Crippen MR) is 57.4 cm³/mol. The number of ether oxygens (including phenoxy) is 1. The molecule has 0 fully saturated rings. The maximum atomic E-state index is 5.21. The van der Waals surface area contributed by atoms with Gasteiger partial charge in [0.25, 0.3) is 0 Å². The Morgan fingerprint density at radius 3 is 2.77 bits per heavy atom. The minimum absolute atomic E-state index is 0.309. The van der Waals surface area contributed by atoms with E-state index < -0.39 is 0 Å². The van der Waals surface area contributed by atoms with E-state index in [1.807, 2.05) is 0 Å². The molecule has 0 spiro atoms. The van der Waals surface area contributed by atoms with Gasteiger partial charge in [0.2, 0.25) is 0 Å². The molecule has 2 N–H and O–H groups in total. The third kappa shape index (κ3) is 9.31. The Morgan fingerprint density at radius 2 is 2.15 bits per heavy atom. The Kier molecular flexibility index (Phi) is 9.05. The number of allylic oxidation sites excluding steroid dienone is 3. The summed E-state index contributed by atoms with van der Waals surface area (Å²) in [5.74, 6) is 0.440. The van der Waals surface area contributed by atoms with Gasteiger partial charge in [0.15, 0.2) is 0 Å². The summed E-state index contributed by atoms with van der Waals surface area (Å²) in [6.07, 6.45) is 10.8. The molecular weight excluding hydrogens is 162 g/mol. The Hall–Kier alpha value is -0.600. The van der Waals surface area contributed by atoms with Crippen LogP contribution in [0.1, 0.15) is 26.7 Å². The zero-order chi connectivity index (χ0) is 9.94. The highest BCUT2D eigenvalue weighted by molar-refractivity contribution is 5.03. The number of hydrogen-bond donors (Lipinski definition) is 1. The van der Waals surface area contributed by atoms with Crippen LogP contribution >= 0.6 is 0 Å². The molecule has 0 aromatic rings. The molecule has 2 heteroatoms. The summed E-state index contributed by atoms with van der Waals surface area (Å²) < 4.78 is 5.08. The minimum atomic E-state index is 0.309. The van der Waals surface area contributed by atoms with Crippen LogP contribution in [0.15, 0.2) is 24.3 Å². The molecule has 0 aliphatic rings. The maximum Gasteiger partial charge on any atom is 0.0940 e. The molecule has 0 bridgehead atoms. The SMILES string of the molecule is CCC/C=C\C=C/C(C)COCN. The van der Waals surface area contributed by atoms with Crippen LogP contribution in [0.2, 0.25) is 0 Å². The highest BCUT2D eigenvalue weighted by Crippen LogP contribution is 1.98. The molecule has 0 aliphatic carbocycles. The number of unbranched alkanes of at least 4 members (excludes halogenated alkanes) is 1. The summed E-state index contributed by atoms with van der Waals surface area (Å²) in [6, 6.07) is 0. The van der Waals surface area contributed by atoms with E-state index in [0.717, 1.165) is 6.42 Å². The summed E-state index contributed by atoms with van der Waals surface area (Å²) in [5.41, 5.74) is 5.21. The highest BCUT2D eigenvalue weighted by atomic mass is 16.5. The van der Waals surface area contributed by atoms with Crippen LogP contribution in [-0.4, -0.2) is 13.3 Å². The van der Waals surface area contributed by atoms with E-state index in [0.29, 0.717) is 19.3 Å². The molecule has 13 heavy (non-hydrogen) atoms. The van der Waals surface area contributed by atoms with Crippen LogP contribution in [0, 0.1) is 5.92 Å². The van der Waals surface area contributed by atoms with Crippen LogP contribution in [0.5, 0.6) is 0 Å². The molecule has 0 aromatic heterocycles. The van der Waals surface area contributed by atoms with Gasteiger partial charge in [-0.25, -0.2) is 0 Å². The van der Waals surface area contributed by atoms with Gasteiger partial charge < -0.3 is 10.5 Å². The lowest BCUT2D eigenvalue weighted by Crippen LogP contribution is -2.09. The zero-order valence-corrected chi connectivity index (χ0v) is 8.70. The first-order valence-corrected chi connectivity index (χ1v) is 4.92. The monoisotopic (exact) mass is 183 g/mol. The molecule has 2 nitrogen and oxygen atoms in total. The summed E-state index contributed by atoms with van der Waals surface area (Å²) in [6.45, 7) is 5.30. The first-order valence-electron chi connectivity index (χ1n) is 4.92. The van der Waals surface area contributed by atoms with E-state index in [1.165, 1.54) is 6.42 Å². The second kappa shape index (κ2) is 9.49. The van der Waals surface area contributed by atoms with E-state index >= 15 is 0 Å². The third-order valence-corrected chi connectivity index (χ3v) is 1.64. The molecule has 0 amide bonds. The van der Waals surface area contributed by atoms with Crippen LogP contribution in [0.3, 0.4) is 0 Å². The topological polar surface area (TPSA) is 35.2 Å². The maximum absolute atomic E-state index is 5.21. The lowest BCUT2D eigenvalue weighted by atomic mass is 10.2. The van der Waals surface area contributed by atoms with Gasteiger partial charge in [-0.15, -0.1) is 0 Å². The molecule has 1 unspecified atom stereocenters. The normalized spacial score (nSPS) is 14.4. The van der Waals surface area contributed by atoms with Gasteiger partial charge in [0.1, 0.15) is 0 Å². The Balaban J connectivity index is 3.46. The molecule has 0 heterocycles. The summed E-state index contributed by atoms with van der Waals surface area (Å²) in [5, 5.41) is 0. The molecule has 0 rings (SSSR count). The lowest BCUT2D eigenvalue weighted by molar-refractivity contribution is 0.123. The van der Waals surface area contributed by atoms with Crippen molar-refractivity contribution in [3.63, 3.8) is 0 Å². The molecule has 0 saturated carbocycles. The second-order valence-electron chi connectivity index (χ2n) is 3.12. The molecule has 76 valence electrons. The van der Waals surface area contributed by atoms with E-state index in [9.17, 15) is 0 Å². The zero-order valence-electron chi connectivity index (χ0n) is 8.70. The Labute approximate surface area is 81.5 Å². The minimum Gasteiger partial charge on any atom is -0.366 e. The summed E-state index contributed by atoms with van der Waals surface area (Å²) in [4.78, 5) is 0. The van der Waals surface area contributed by atoms with Gasteiger partial charge in [-0.1, -0.05) is 44.6 Å². The molecule has 0 aliphatic heterocycles. The van der Waals surface area contributed by atoms with Crippen molar-refractivity contribution in [1.82, 2.24) is 0 Å². The fourth-order valence-electron chi connectivity index (χ4n) is 0.905. The van der Waals surface area contributed by atoms with Crippen LogP contribution < -0.4 is 5.73 Å². The Morgan fingerprint density at radius 1 is 1.38 bits per heavy atom. The van der Waals surface area contributed by atoms with Crippen molar-refractivity contribution in [3.05, 3.63) is 24.3 Å². The number of hydrogen-bond acceptors (Lipinski definition) is 2. The van der Waals surface area contributed by atoms with Crippen LogP contribution in [-0.2, 0) is 4.74 Å². The van der Waals surface area contributed by atoms with E-state index in [2.05, 4.69) is 38.2 Å². The van der Waals surface area contributed by atoms with Crippen molar-refractivity contribution in [2.45, 2.75) is 26.7 Å². The Bertz CT molecular complexity index is 152. The molecule has 1 atom stereocenters. The highest BCUT2D eigenvalue weighted by Gasteiger charge is 1.93. The van der Waals surface area contributed by atoms with Gasteiger partial charge in [-0.05, 0) is 12.3 Å². The predicted octanol–water partition coefficient (Wildman–Crippen LogP) is 2.47. The van der Waals surface area contributed by atoms with Crippen molar-refractivity contribution in [3.8, 4) is 0 Å². The molecule has 0 saturated heterocycles. The smallest absolute Gasteiger partial charge is 0.0940 e. The van der Waals surface area contributed by atoms with E-state index in [1.54, 1.807) is 0 Å². The van der Waals surface area contributed by atoms with Crippen molar-refractivity contribution in [2.75, 3.05) is 13.3 Å². The quantitative estimate of drug-likeness (QED) is 0.486. The first-order chi connectivity index (χ1) is 6.31. The fourth-order valence-corrected chi connectivity index (χ4v) is 0.905. The van der Waals surface area contributed by atoms with Crippen molar-refractivity contribution in [1.29, 1.82) is 0 Å². The molecule has 0 radical (unpaired) electrons. The van der Waals surface area contributed by atoms with Crippen LogP contribution in [0.25, 0.3) is 0 Å². The average Bonchev–Trinajstić information content (AvgIpc) is 2.14. The van der Waals surface area contributed by atoms with E-state index in [4.69, 9.17) is 10.5 Å². The van der Waals surface area contributed by atoms with Crippen molar-refractivity contribution < 1.29 is 4.74 Å². The largest absolute Gasteiger partial charge is 0.366 e. The lowest BCUT2D eigenvalue weighted by Gasteiger charge is -2.04. The average molecular weight is 183 g/mol. The summed E-state index contributed by atoms with van der Waals surface area (Å²) >= 11 is 0. The molecular formula is C11H21NO. The van der Waals surface area contributed by atoms with Gasteiger partial charge in [-0.2, -0.15) is 0 Å². The van der Waals surface area contributed by atoms with Crippen molar-refractivity contribution >= 4 is 0 Å². The van der Waals surface area contributed by atoms with E-state index in [-0.39, 0.29) is 0 Å². The standard InChI is InChI=1S/C11H21NO/c1-3-4-5-6-7-8-11(2)9-13-10-12/h5-8,11H,3-4,9-10,12H2,1-2H3/b6-5-,8-7-. The third-order valence-electron chi connectivity index (χ3n) is 1.64. The first kappa shape index (κ1) is 12.4. The number of nitrogens with two attached hydrogens (primary N) is 1. The molecule has 0 aromatic carbocycles. The second-order valence-corrected chi connectivity index (χ2v) is 3.12. The van der Waals surface area contributed by atoms with Gasteiger partial charge in [0, 0.05) is 0 Å². The van der Waals surface area contributed by atoms with Gasteiger partial charge in [-0.3, -0.25) is 0 Å². The number of rotatable bonds is 7. The van der Waals surface area contributed by atoms with Crippen LogP contribution in [0.4, 0.5) is 0 Å². The van der Waals surface area contributed by atoms with Gasteiger partial charge in [0.05, 0.1) is 13.3 Å². The summed E-state index contributed by atoms with van der Waals surface area (Å²) in [7, 11) is 0. The van der Waals surface area contributed by atoms with Gasteiger partial charge >= 0.3 is 0 Å². The van der Waals surface area contributed by atoms with Crippen molar-refractivity contribution in [2.24, 2.45) is 11.7 Å². The fraction of sp³-hybridized carbons (Fsp3) is 0.636.